The zero-order valence-corrected chi connectivity index (χ0v) is 30.3. The van der Waals surface area contributed by atoms with E-state index in [-0.39, 0.29) is 0 Å². The van der Waals surface area contributed by atoms with Crippen molar-refractivity contribution in [2.75, 3.05) is 4.90 Å². The van der Waals surface area contributed by atoms with Crippen molar-refractivity contribution in [2.45, 2.75) is 6.54 Å². The maximum atomic E-state index is 6.78. The minimum Gasteiger partial charge on any atom is -0.454 e. The van der Waals surface area contributed by atoms with Crippen LogP contribution in [0.15, 0.2) is 201 Å². The topological polar surface area (TPSA) is 62.7 Å². The number of ether oxygens (including phenoxy) is 1. The predicted molar refractivity (Wildman–Crippen MR) is 231 cm³/mol. The summed E-state index contributed by atoms with van der Waals surface area (Å²) in [5.41, 5.74) is 9.27. The standard InChI is InChI=1S/C50H34N4O2/c1-51-49(53-50(34-18-6-3-7-19-34)52-32-33-16-4-2-5-17-33)37-22-14-20-35(30-37)36-21-15-23-38(31-36)54-42-27-11-13-29-44(42)56-47-40-25-9-8-24-39(40)45-41-26-10-12-28-43(41)55-48(45)46(47)54/h2-31H,1,32H2. The summed E-state index contributed by atoms with van der Waals surface area (Å²) < 4.78 is 13.5. The molecule has 56 heavy (non-hydrogen) atoms. The lowest BCUT2D eigenvalue weighted by Crippen LogP contribution is -2.16. The maximum absolute atomic E-state index is 6.78. The van der Waals surface area contributed by atoms with Crippen molar-refractivity contribution in [3.63, 3.8) is 0 Å². The lowest BCUT2D eigenvalue weighted by atomic mass is 9.98. The molecule has 8 aromatic carbocycles. The summed E-state index contributed by atoms with van der Waals surface area (Å²) in [6.45, 7) is 4.42. The van der Waals surface area contributed by atoms with Crippen molar-refractivity contribution in [3.8, 4) is 22.6 Å². The third-order valence-electron chi connectivity index (χ3n) is 10.2. The Labute approximate surface area is 324 Å². The van der Waals surface area contributed by atoms with Crippen LogP contribution in [0.1, 0.15) is 16.7 Å². The fourth-order valence-electron chi connectivity index (χ4n) is 7.62. The Morgan fingerprint density at radius 3 is 2.05 bits per heavy atom. The van der Waals surface area contributed by atoms with Gasteiger partial charge in [0, 0.05) is 33.0 Å². The molecule has 1 aliphatic rings. The normalized spacial score (nSPS) is 12.8. The monoisotopic (exact) mass is 722 g/mol. The van der Waals surface area contributed by atoms with Crippen molar-refractivity contribution in [2.24, 2.45) is 15.0 Å². The molecule has 0 spiro atoms. The molecule has 0 fully saturated rings. The molecular formula is C50H34N4O2. The van der Waals surface area contributed by atoms with Crippen LogP contribution in [0, 0.1) is 0 Å². The number of para-hydroxylation sites is 3. The number of rotatable bonds is 6. The summed E-state index contributed by atoms with van der Waals surface area (Å²) in [7, 11) is 0. The molecular weight excluding hydrogens is 689 g/mol. The fourth-order valence-corrected chi connectivity index (χ4v) is 7.62. The number of fused-ring (bicyclic) bond motifs is 9. The Morgan fingerprint density at radius 2 is 1.23 bits per heavy atom. The second-order valence-corrected chi connectivity index (χ2v) is 13.6. The van der Waals surface area contributed by atoms with Crippen molar-refractivity contribution in [1.82, 2.24) is 0 Å². The van der Waals surface area contributed by atoms with E-state index < -0.39 is 0 Å². The van der Waals surface area contributed by atoms with Crippen molar-refractivity contribution in [1.29, 1.82) is 0 Å². The number of benzene rings is 8. The Morgan fingerprint density at radius 1 is 0.571 bits per heavy atom. The van der Waals surface area contributed by atoms with E-state index in [0.29, 0.717) is 18.2 Å². The van der Waals surface area contributed by atoms with Crippen LogP contribution < -0.4 is 9.64 Å². The van der Waals surface area contributed by atoms with Gasteiger partial charge in [-0.2, -0.15) is 0 Å². The largest absolute Gasteiger partial charge is 0.454 e. The van der Waals surface area contributed by atoms with Gasteiger partial charge in [0.05, 0.1) is 12.2 Å². The van der Waals surface area contributed by atoms with Gasteiger partial charge in [-0.1, -0.05) is 146 Å². The molecule has 0 saturated carbocycles. The third kappa shape index (κ3) is 5.81. The zero-order valence-electron chi connectivity index (χ0n) is 30.3. The molecule has 0 saturated heterocycles. The molecule has 1 aromatic heterocycles. The first-order valence-corrected chi connectivity index (χ1v) is 18.6. The van der Waals surface area contributed by atoms with E-state index >= 15 is 0 Å². The molecule has 0 bridgehead atoms. The second kappa shape index (κ2) is 14.0. The number of hydrogen-bond donors (Lipinski definition) is 0. The zero-order chi connectivity index (χ0) is 37.4. The predicted octanol–water partition coefficient (Wildman–Crippen LogP) is 13.1. The SMILES string of the molecule is C=NC(=NC(=NCc1ccccc1)c1ccccc1)c1cccc(-c2cccc(N3c4ccccc4Oc4c3c3oc5ccccc5c3c3ccccc43)c2)c1. The van der Waals surface area contributed by atoms with Gasteiger partial charge in [0.15, 0.2) is 28.8 Å². The van der Waals surface area contributed by atoms with Crippen LogP contribution >= 0.6 is 0 Å². The lowest BCUT2D eigenvalue weighted by Gasteiger charge is -2.33. The molecule has 0 radical (unpaired) electrons. The van der Waals surface area contributed by atoms with E-state index in [2.05, 4.69) is 108 Å². The van der Waals surface area contributed by atoms with Gasteiger partial charge >= 0.3 is 0 Å². The smallest absolute Gasteiger partial charge is 0.163 e. The molecule has 0 N–H and O–H groups in total. The van der Waals surface area contributed by atoms with E-state index in [1.54, 1.807) is 0 Å². The highest BCUT2D eigenvalue weighted by atomic mass is 16.5. The molecule has 9 aromatic rings. The Hall–Kier alpha value is -7.57. The highest BCUT2D eigenvalue weighted by Crippen LogP contribution is 2.57. The van der Waals surface area contributed by atoms with Gasteiger partial charge in [0.1, 0.15) is 11.3 Å². The summed E-state index contributed by atoms with van der Waals surface area (Å²) in [4.78, 5) is 16.6. The number of amidine groups is 2. The maximum Gasteiger partial charge on any atom is 0.163 e. The lowest BCUT2D eigenvalue weighted by molar-refractivity contribution is 0.482. The molecule has 10 rings (SSSR count). The number of aliphatic imine (C=N–C) groups is 3. The summed E-state index contributed by atoms with van der Waals surface area (Å²) in [5.74, 6) is 2.63. The van der Waals surface area contributed by atoms with Crippen LogP contribution in [0.5, 0.6) is 11.5 Å². The van der Waals surface area contributed by atoms with E-state index in [1.807, 2.05) is 91.0 Å². The quantitative estimate of drug-likeness (QED) is 0.127. The van der Waals surface area contributed by atoms with Gasteiger partial charge in [-0.3, -0.25) is 4.99 Å². The Kier molecular flexibility index (Phi) is 8.26. The Balaban J connectivity index is 1.10. The van der Waals surface area contributed by atoms with Gasteiger partial charge in [-0.05, 0) is 65.2 Å². The van der Waals surface area contributed by atoms with Crippen LogP contribution in [0.4, 0.5) is 17.1 Å². The Bertz CT molecular complexity index is 3000. The summed E-state index contributed by atoms with van der Waals surface area (Å²) in [6.07, 6.45) is 0. The van der Waals surface area contributed by atoms with E-state index in [9.17, 15) is 0 Å². The van der Waals surface area contributed by atoms with E-state index in [4.69, 9.17) is 19.1 Å². The molecule has 2 heterocycles. The van der Waals surface area contributed by atoms with Gasteiger partial charge in [-0.25, -0.2) is 9.98 Å². The minimum absolute atomic E-state index is 0.494. The van der Waals surface area contributed by atoms with Crippen LogP contribution in [0.3, 0.4) is 0 Å². The number of furan rings is 1. The van der Waals surface area contributed by atoms with Crippen LogP contribution in [-0.4, -0.2) is 18.4 Å². The van der Waals surface area contributed by atoms with E-state index in [1.165, 1.54) is 0 Å². The van der Waals surface area contributed by atoms with Gasteiger partial charge in [0.25, 0.3) is 0 Å². The first kappa shape index (κ1) is 33.0. The molecule has 0 unspecified atom stereocenters. The highest BCUT2D eigenvalue weighted by Gasteiger charge is 2.32. The van der Waals surface area contributed by atoms with Crippen molar-refractivity contribution < 1.29 is 9.15 Å². The first-order chi connectivity index (χ1) is 27.7. The van der Waals surface area contributed by atoms with Gasteiger partial charge in [0.2, 0.25) is 0 Å². The van der Waals surface area contributed by atoms with Crippen molar-refractivity contribution >= 4 is 68.2 Å². The molecule has 6 nitrogen and oxygen atoms in total. The van der Waals surface area contributed by atoms with E-state index in [0.717, 1.165) is 89.1 Å². The molecule has 6 heteroatoms. The number of hydrogen-bond acceptors (Lipinski definition) is 4. The third-order valence-corrected chi connectivity index (χ3v) is 10.2. The fraction of sp³-hybridized carbons (Fsp3) is 0.0200. The van der Waals surface area contributed by atoms with Crippen LogP contribution in [-0.2, 0) is 6.54 Å². The van der Waals surface area contributed by atoms with Gasteiger partial charge in [-0.15, -0.1) is 0 Å². The summed E-state index contributed by atoms with van der Waals surface area (Å²) >= 11 is 0. The molecule has 266 valence electrons. The average molecular weight is 723 g/mol. The van der Waals surface area contributed by atoms with Crippen LogP contribution in [0.25, 0.3) is 43.8 Å². The average Bonchev–Trinajstić information content (AvgIpc) is 3.67. The molecule has 0 amide bonds. The summed E-state index contributed by atoms with van der Waals surface area (Å²) in [6, 6.07) is 61.8. The molecule has 1 aliphatic heterocycles. The summed E-state index contributed by atoms with van der Waals surface area (Å²) in [5, 5.41) is 4.25. The molecule has 0 aliphatic carbocycles. The van der Waals surface area contributed by atoms with Gasteiger partial charge < -0.3 is 14.1 Å². The molecule has 0 atom stereocenters. The van der Waals surface area contributed by atoms with Crippen LogP contribution in [0.2, 0.25) is 0 Å². The minimum atomic E-state index is 0.494. The van der Waals surface area contributed by atoms with Crippen molar-refractivity contribution in [3.05, 3.63) is 199 Å². The first-order valence-electron chi connectivity index (χ1n) is 18.6. The number of nitrogens with zero attached hydrogens (tertiary/aromatic N) is 4. The highest BCUT2D eigenvalue weighted by molar-refractivity contribution is 6.26. The number of anilines is 3. The second-order valence-electron chi connectivity index (χ2n) is 13.6.